The number of unbranched alkanes of at least 4 members (excludes halogenated alkanes) is 1. The van der Waals surface area contributed by atoms with E-state index in [1.54, 1.807) is 33.8 Å². The van der Waals surface area contributed by atoms with Crippen molar-refractivity contribution in [3.05, 3.63) is 29.1 Å². The van der Waals surface area contributed by atoms with E-state index in [2.05, 4.69) is 21.9 Å². The number of halogens is 1. The van der Waals surface area contributed by atoms with Crippen LogP contribution in [0.2, 0.25) is 0 Å². The fourth-order valence-corrected chi connectivity index (χ4v) is 2.69. The maximum atomic E-state index is 14.9. The number of esters is 1. The number of hydrogen-bond acceptors (Lipinski definition) is 6. The molecule has 0 fully saturated rings. The smallest absolute Gasteiger partial charge is 0.407 e. The summed E-state index contributed by atoms with van der Waals surface area (Å²) in [4.78, 5) is 34.4. The highest BCUT2D eigenvalue weighted by atomic mass is 19.1. The number of nitrogens with two attached hydrogens (primary N) is 1. The summed E-state index contributed by atoms with van der Waals surface area (Å²) in [6.07, 6.45) is 0.704. The Hall–Kier alpha value is -3.28. The molecule has 33 heavy (non-hydrogen) atoms. The van der Waals surface area contributed by atoms with Crippen molar-refractivity contribution < 1.29 is 33.0 Å². The molecule has 1 aromatic rings. The molecule has 0 bridgehead atoms. The van der Waals surface area contributed by atoms with Crippen molar-refractivity contribution in [2.75, 3.05) is 13.7 Å². The van der Waals surface area contributed by atoms with Crippen LogP contribution in [0.25, 0.3) is 0 Å². The molecule has 2 amide bonds. The van der Waals surface area contributed by atoms with Gasteiger partial charge in [-0.15, -0.1) is 0 Å². The van der Waals surface area contributed by atoms with Gasteiger partial charge in [0.2, 0.25) is 5.91 Å². The Kier molecular flexibility index (Phi) is 11.2. The summed E-state index contributed by atoms with van der Waals surface area (Å²) < 4.78 is 30.3. The first-order valence-corrected chi connectivity index (χ1v) is 10.7. The summed E-state index contributed by atoms with van der Waals surface area (Å²) in [5, 5.41) is 2.63. The molecular weight excluding hydrogens is 431 g/mol. The van der Waals surface area contributed by atoms with Crippen molar-refractivity contribution in [3.63, 3.8) is 0 Å². The molecule has 0 aliphatic carbocycles. The van der Waals surface area contributed by atoms with Crippen LogP contribution in [0.3, 0.4) is 0 Å². The van der Waals surface area contributed by atoms with Crippen molar-refractivity contribution >= 4 is 18.0 Å². The van der Waals surface area contributed by atoms with E-state index in [1.807, 2.05) is 0 Å². The SMILES string of the molecule is COC(=O)CCCC#Cc1cc(C)cc(OC[C@H](CCC(N)=O)NC(=O)OC(C)(C)C)c1F. The molecule has 9 heteroatoms. The zero-order valence-electron chi connectivity index (χ0n) is 19.9. The van der Waals surface area contributed by atoms with Gasteiger partial charge >= 0.3 is 12.1 Å². The number of ether oxygens (including phenoxy) is 3. The summed E-state index contributed by atoms with van der Waals surface area (Å²) in [5.41, 5.74) is 5.41. The van der Waals surface area contributed by atoms with E-state index in [0.29, 0.717) is 12.8 Å². The summed E-state index contributed by atoms with van der Waals surface area (Å²) in [6.45, 7) is 6.85. The van der Waals surface area contributed by atoms with Crippen LogP contribution in [-0.2, 0) is 19.1 Å². The van der Waals surface area contributed by atoms with E-state index in [-0.39, 0.29) is 43.2 Å². The Morgan fingerprint density at radius 1 is 1.21 bits per heavy atom. The molecule has 0 radical (unpaired) electrons. The Bertz CT molecular complexity index is 899. The molecule has 1 aromatic carbocycles. The Morgan fingerprint density at radius 3 is 2.52 bits per heavy atom. The molecule has 0 aromatic heterocycles. The van der Waals surface area contributed by atoms with E-state index in [0.717, 1.165) is 5.56 Å². The fraction of sp³-hybridized carbons (Fsp3) is 0.542. The van der Waals surface area contributed by atoms with Gasteiger partial charge in [-0.2, -0.15) is 0 Å². The first-order valence-electron chi connectivity index (χ1n) is 10.7. The first-order chi connectivity index (χ1) is 15.4. The number of aryl methyl sites for hydroxylation is 1. The second kappa shape index (κ2) is 13.3. The predicted molar refractivity (Wildman–Crippen MR) is 121 cm³/mol. The standard InChI is InChI=1S/C24H33FN2O6/c1-16-13-17(9-7-6-8-10-21(29)31-5)22(25)19(14-16)32-15-18(11-12-20(26)28)27-23(30)33-24(2,3)4/h13-14,18H,6,8,10-12,15H2,1-5H3,(H2,26,28)(H,27,30)/t18-/m0/s1. The number of amides is 2. The average Bonchev–Trinajstić information content (AvgIpc) is 2.70. The molecule has 0 unspecified atom stereocenters. The fourth-order valence-electron chi connectivity index (χ4n) is 2.69. The monoisotopic (exact) mass is 464 g/mol. The zero-order chi connectivity index (χ0) is 25.0. The maximum Gasteiger partial charge on any atom is 0.407 e. The summed E-state index contributed by atoms with van der Waals surface area (Å²) in [6, 6.07) is 2.50. The molecular formula is C24H33FN2O6. The highest BCUT2D eigenvalue weighted by Gasteiger charge is 2.21. The van der Waals surface area contributed by atoms with Gasteiger partial charge in [-0.25, -0.2) is 9.18 Å². The lowest BCUT2D eigenvalue weighted by Gasteiger charge is -2.24. The number of carbonyl (C=O) groups excluding carboxylic acids is 3. The van der Waals surface area contributed by atoms with Crippen LogP contribution in [0.15, 0.2) is 12.1 Å². The highest BCUT2D eigenvalue weighted by Crippen LogP contribution is 2.23. The molecule has 1 rings (SSSR count). The number of benzene rings is 1. The third-order valence-electron chi connectivity index (χ3n) is 4.22. The molecule has 0 heterocycles. The molecule has 1 atom stereocenters. The minimum atomic E-state index is -0.702. The van der Waals surface area contributed by atoms with Crippen LogP contribution >= 0.6 is 0 Å². The van der Waals surface area contributed by atoms with Crippen LogP contribution in [0.4, 0.5) is 9.18 Å². The van der Waals surface area contributed by atoms with Crippen molar-refractivity contribution in [1.29, 1.82) is 0 Å². The highest BCUT2D eigenvalue weighted by molar-refractivity contribution is 5.74. The zero-order valence-corrected chi connectivity index (χ0v) is 19.9. The van der Waals surface area contributed by atoms with E-state index in [1.165, 1.54) is 13.2 Å². The third-order valence-corrected chi connectivity index (χ3v) is 4.22. The van der Waals surface area contributed by atoms with E-state index < -0.39 is 29.5 Å². The topological polar surface area (TPSA) is 117 Å². The minimum Gasteiger partial charge on any atom is -0.488 e. The van der Waals surface area contributed by atoms with Crippen LogP contribution in [-0.4, -0.2) is 43.3 Å². The summed E-state index contributed by atoms with van der Waals surface area (Å²) >= 11 is 0. The van der Waals surface area contributed by atoms with Crippen LogP contribution in [0, 0.1) is 24.6 Å². The van der Waals surface area contributed by atoms with E-state index in [9.17, 15) is 18.8 Å². The van der Waals surface area contributed by atoms with Crippen molar-refractivity contribution in [1.82, 2.24) is 5.32 Å². The number of primary amides is 1. The van der Waals surface area contributed by atoms with Crippen molar-refractivity contribution in [2.45, 2.75) is 71.4 Å². The van der Waals surface area contributed by atoms with Gasteiger partial charge in [0.15, 0.2) is 11.6 Å². The summed E-state index contributed by atoms with van der Waals surface area (Å²) in [5.74, 6) is 4.10. The van der Waals surface area contributed by atoms with E-state index in [4.69, 9.17) is 15.2 Å². The van der Waals surface area contributed by atoms with Crippen molar-refractivity contribution in [2.24, 2.45) is 5.73 Å². The van der Waals surface area contributed by atoms with Crippen LogP contribution < -0.4 is 15.8 Å². The van der Waals surface area contributed by atoms with Crippen molar-refractivity contribution in [3.8, 4) is 17.6 Å². The molecule has 0 aliphatic heterocycles. The predicted octanol–water partition coefficient (Wildman–Crippen LogP) is 3.37. The van der Waals surface area contributed by atoms with Gasteiger partial charge in [-0.1, -0.05) is 11.8 Å². The Labute approximate surface area is 194 Å². The number of nitrogens with one attached hydrogen (secondary N) is 1. The average molecular weight is 465 g/mol. The molecule has 0 saturated carbocycles. The van der Waals surface area contributed by atoms with Gasteiger partial charge in [-0.05, 0) is 58.2 Å². The lowest BCUT2D eigenvalue weighted by atomic mass is 10.1. The van der Waals surface area contributed by atoms with Gasteiger partial charge in [0.25, 0.3) is 0 Å². The van der Waals surface area contributed by atoms with Gasteiger partial charge in [0.05, 0.1) is 18.7 Å². The summed E-state index contributed by atoms with van der Waals surface area (Å²) in [7, 11) is 1.32. The quantitative estimate of drug-likeness (QED) is 0.312. The normalized spacial score (nSPS) is 11.6. The molecule has 0 spiro atoms. The molecule has 3 N–H and O–H groups in total. The second-order valence-corrected chi connectivity index (χ2v) is 8.52. The number of rotatable bonds is 10. The maximum absolute atomic E-state index is 14.9. The number of carbonyl (C=O) groups is 3. The lowest BCUT2D eigenvalue weighted by Crippen LogP contribution is -2.42. The van der Waals surface area contributed by atoms with Gasteiger partial charge in [-0.3, -0.25) is 9.59 Å². The van der Waals surface area contributed by atoms with Gasteiger partial charge in [0, 0.05) is 19.3 Å². The third kappa shape index (κ3) is 11.8. The second-order valence-electron chi connectivity index (χ2n) is 8.52. The first kappa shape index (κ1) is 27.8. The van der Waals surface area contributed by atoms with Crippen LogP contribution in [0.1, 0.15) is 64.0 Å². The van der Waals surface area contributed by atoms with Gasteiger partial charge in [0.1, 0.15) is 12.2 Å². The molecule has 0 saturated heterocycles. The largest absolute Gasteiger partial charge is 0.488 e. The number of methoxy groups -OCH3 is 1. The minimum absolute atomic E-state index is 0.0163. The molecule has 8 nitrogen and oxygen atoms in total. The molecule has 0 aliphatic rings. The van der Waals surface area contributed by atoms with Crippen LogP contribution in [0.5, 0.6) is 5.75 Å². The lowest BCUT2D eigenvalue weighted by molar-refractivity contribution is -0.140. The number of alkyl carbamates (subject to hydrolysis) is 1. The Morgan fingerprint density at radius 2 is 1.91 bits per heavy atom. The van der Waals surface area contributed by atoms with E-state index >= 15 is 0 Å². The number of hydrogen-bond donors (Lipinski definition) is 2. The Balaban J connectivity index is 2.86. The molecule has 182 valence electrons. The van der Waals surface area contributed by atoms with Gasteiger partial charge < -0.3 is 25.3 Å².